The minimum Gasteiger partial charge on any atom is -0.336 e. The summed E-state index contributed by atoms with van der Waals surface area (Å²) in [4.78, 5) is 17.8. The zero-order chi connectivity index (χ0) is 21.9. The maximum Gasteiger partial charge on any atom is 0.254 e. The average molecular weight is 441 g/mol. The third-order valence-electron chi connectivity index (χ3n) is 6.29. The van der Waals surface area contributed by atoms with Gasteiger partial charge in [0.2, 0.25) is 0 Å². The highest BCUT2D eigenvalue weighted by Crippen LogP contribution is 2.31. The molecule has 160 valence electrons. The van der Waals surface area contributed by atoms with Crippen LogP contribution in [0.3, 0.4) is 0 Å². The summed E-state index contributed by atoms with van der Waals surface area (Å²) in [6, 6.07) is 32.9. The fraction of sp³-hybridized carbons (Fsp3) is 0.179. The Morgan fingerprint density at radius 2 is 1.31 bits per heavy atom. The van der Waals surface area contributed by atoms with Gasteiger partial charge in [0, 0.05) is 36.8 Å². The number of hydrogen-bond donors (Lipinski definition) is 0. The Bertz CT molecular complexity index is 1210. The van der Waals surface area contributed by atoms with Crippen LogP contribution < -0.4 is 0 Å². The van der Waals surface area contributed by atoms with Crippen molar-refractivity contribution in [2.45, 2.75) is 6.04 Å². The van der Waals surface area contributed by atoms with Gasteiger partial charge < -0.3 is 4.90 Å². The molecule has 32 heavy (non-hydrogen) atoms. The van der Waals surface area contributed by atoms with Crippen LogP contribution >= 0.6 is 11.6 Å². The van der Waals surface area contributed by atoms with Crippen molar-refractivity contribution < 1.29 is 4.79 Å². The highest BCUT2D eigenvalue weighted by atomic mass is 35.5. The second kappa shape index (κ2) is 9.15. The van der Waals surface area contributed by atoms with Crippen LogP contribution in [0.5, 0.6) is 0 Å². The van der Waals surface area contributed by atoms with Crippen LogP contribution in [-0.4, -0.2) is 41.9 Å². The smallest absolute Gasteiger partial charge is 0.254 e. The highest BCUT2D eigenvalue weighted by Gasteiger charge is 2.29. The summed E-state index contributed by atoms with van der Waals surface area (Å²) in [5.41, 5.74) is 3.26. The molecule has 3 nitrogen and oxygen atoms in total. The molecule has 1 atom stereocenters. The minimum absolute atomic E-state index is 0.115. The molecule has 0 aromatic heterocycles. The molecule has 4 aromatic rings. The molecule has 1 fully saturated rings. The van der Waals surface area contributed by atoms with Crippen LogP contribution in [0.2, 0.25) is 5.02 Å². The van der Waals surface area contributed by atoms with Crippen molar-refractivity contribution in [2.24, 2.45) is 0 Å². The number of carbonyl (C=O) groups excluding carboxylic acids is 1. The van der Waals surface area contributed by atoms with Crippen molar-refractivity contribution in [1.29, 1.82) is 0 Å². The van der Waals surface area contributed by atoms with E-state index in [9.17, 15) is 4.79 Å². The lowest BCUT2D eigenvalue weighted by molar-refractivity contribution is 0.0599. The highest BCUT2D eigenvalue weighted by molar-refractivity contribution is 6.30. The van der Waals surface area contributed by atoms with Gasteiger partial charge in [-0.1, -0.05) is 90.5 Å². The normalized spacial score (nSPS) is 15.6. The maximum absolute atomic E-state index is 13.4. The third kappa shape index (κ3) is 4.14. The summed E-state index contributed by atoms with van der Waals surface area (Å²) in [5.74, 6) is 0.115. The minimum atomic E-state index is 0.115. The van der Waals surface area contributed by atoms with Crippen molar-refractivity contribution >= 4 is 28.3 Å². The molecule has 1 heterocycles. The fourth-order valence-corrected chi connectivity index (χ4v) is 4.79. The van der Waals surface area contributed by atoms with Gasteiger partial charge in [0.05, 0.1) is 6.04 Å². The van der Waals surface area contributed by atoms with Crippen LogP contribution in [0, 0.1) is 0 Å². The number of rotatable bonds is 4. The lowest BCUT2D eigenvalue weighted by Crippen LogP contribution is -2.49. The van der Waals surface area contributed by atoms with Gasteiger partial charge in [-0.05, 0) is 40.1 Å². The number of benzene rings is 4. The molecular formula is C28H25ClN2O. The number of nitrogens with zero attached hydrogens (tertiary/aromatic N) is 2. The van der Waals surface area contributed by atoms with Gasteiger partial charge in [0.25, 0.3) is 5.91 Å². The Hall–Kier alpha value is -3.14. The van der Waals surface area contributed by atoms with E-state index in [0.717, 1.165) is 34.4 Å². The lowest BCUT2D eigenvalue weighted by Gasteiger charge is -2.40. The van der Waals surface area contributed by atoms with E-state index in [1.807, 2.05) is 53.4 Å². The van der Waals surface area contributed by atoms with Gasteiger partial charge in [0.15, 0.2) is 0 Å². The van der Waals surface area contributed by atoms with E-state index in [0.29, 0.717) is 13.1 Å². The molecule has 0 saturated carbocycles. The molecule has 4 heteroatoms. The van der Waals surface area contributed by atoms with Crippen molar-refractivity contribution in [3.05, 3.63) is 119 Å². The van der Waals surface area contributed by atoms with Crippen molar-refractivity contribution in [3.63, 3.8) is 0 Å². The molecule has 0 unspecified atom stereocenters. The topological polar surface area (TPSA) is 23.6 Å². The first-order chi connectivity index (χ1) is 15.7. The number of amides is 1. The van der Waals surface area contributed by atoms with Crippen LogP contribution in [0.25, 0.3) is 10.8 Å². The molecule has 0 N–H and O–H groups in total. The van der Waals surface area contributed by atoms with Gasteiger partial charge >= 0.3 is 0 Å². The predicted molar refractivity (Wildman–Crippen MR) is 131 cm³/mol. The largest absolute Gasteiger partial charge is 0.336 e. The second-order valence-corrected chi connectivity index (χ2v) is 8.66. The fourth-order valence-electron chi connectivity index (χ4n) is 4.66. The van der Waals surface area contributed by atoms with E-state index in [2.05, 4.69) is 53.4 Å². The molecule has 1 aliphatic heterocycles. The number of fused-ring (bicyclic) bond motifs is 1. The SMILES string of the molecule is O=C(c1cccc2ccccc12)N1CCN([C@H](c2ccccc2)c2ccc(Cl)cc2)CC1. The van der Waals surface area contributed by atoms with Crippen molar-refractivity contribution in [3.8, 4) is 0 Å². The van der Waals surface area contributed by atoms with Crippen molar-refractivity contribution in [2.75, 3.05) is 26.2 Å². The Balaban J connectivity index is 1.37. The number of carbonyl (C=O) groups is 1. The number of piperazine rings is 1. The van der Waals surface area contributed by atoms with E-state index in [1.165, 1.54) is 11.1 Å². The molecule has 0 aliphatic carbocycles. The molecule has 4 aromatic carbocycles. The zero-order valence-electron chi connectivity index (χ0n) is 17.8. The molecule has 0 bridgehead atoms. The van der Waals surface area contributed by atoms with Crippen molar-refractivity contribution in [1.82, 2.24) is 9.80 Å². The summed E-state index contributed by atoms with van der Waals surface area (Å²) in [5, 5.41) is 2.86. The Kier molecular flexibility index (Phi) is 5.93. The molecule has 1 amide bonds. The van der Waals surface area contributed by atoms with Crippen LogP contribution in [0.15, 0.2) is 97.1 Å². The van der Waals surface area contributed by atoms with E-state index < -0.39 is 0 Å². The quantitative estimate of drug-likeness (QED) is 0.386. The summed E-state index contributed by atoms with van der Waals surface area (Å²) in [6.45, 7) is 3.05. The van der Waals surface area contributed by atoms with Gasteiger partial charge in [-0.25, -0.2) is 0 Å². The summed E-state index contributed by atoms with van der Waals surface area (Å²) >= 11 is 6.14. The van der Waals surface area contributed by atoms with Gasteiger partial charge in [0.1, 0.15) is 0 Å². The Morgan fingerprint density at radius 1 is 0.688 bits per heavy atom. The molecule has 1 aliphatic rings. The average Bonchev–Trinajstić information content (AvgIpc) is 2.86. The monoisotopic (exact) mass is 440 g/mol. The Morgan fingerprint density at radius 3 is 2.06 bits per heavy atom. The van der Waals surface area contributed by atoms with Crippen LogP contribution in [0.4, 0.5) is 0 Å². The van der Waals surface area contributed by atoms with E-state index >= 15 is 0 Å². The number of halogens is 1. The summed E-state index contributed by atoms with van der Waals surface area (Å²) in [7, 11) is 0. The summed E-state index contributed by atoms with van der Waals surface area (Å²) in [6.07, 6.45) is 0. The first-order valence-electron chi connectivity index (χ1n) is 11.0. The van der Waals surface area contributed by atoms with Gasteiger partial charge in [-0.2, -0.15) is 0 Å². The first-order valence-corrected chi connectivity index (χ1v) is 11.4. The van der Waals surface area contributed by atoms with Gasteiger partial charge in [-0.15, -0.1) is 0 Å². The van der Waals surface area contributed by atoms with Crippen LogP contribution in [0.1, 0.15) is 27.5 Å². The molecular weight excluding hydrogens is 416 g/mol. The van der Waals surface area contributed by atoms with E-state index in [1.54, 1.807) is 0 Å². The number of hydrogen-bond acceptors (Lipinski definition) is 2. The molecule has 1 saturated heterocycles. The third-order valence-corrected chi connectivity index (χ3v) is 6.54. The Labute approximate surface area is 193 Å². The lowest BCUT2D eigenvalue weighted by atomic mass is 9.96. The van der Waals surface area contributed by atoms with Gasteiger partial charge in [-0.3, -0.25) is 9.69 Å². The molecule has 0 radical (unpaired) electrons. The van der Waals surface area contributed by atoms with E-state index in [-0.39, 0.29) is 11.9 Å². The van der Waals surface area contributed by atoms with Crippen LogP contribution in [-0.2, 0) is 0 Å². The zero-order valence-corrected chi connectivity index (χ0v) is 18.6. The second-order valence-electron chi connectivity index (χ2n) is 8.22. The summed E-state index contributed by atoms with van der Waals surface area (Å²) < 4.78 is 0. The maximum atomic E-state index is 13.4. The van der Waals surface area contributed by atoms with E-state index in [4.69, 9.17) is 11.6 Å². The predicted octanol–water partition coefficient (Wildman–Crippen LogP) is 6.04. The first kappa shape index (κ1) is 20.7. The molecule has 0 spiro atoms. The standard InChI is InChI=1S/C28H25ClN2O/c29-24-15-13-23(14-16-24)27(22-8-2-1-3-9-22)30-17-19-31(20-18-30)28(32)26-12-6-10-21-7-4-5-11-25(21)26/h1-16,27H,17-20H2/t27-/m1/s1. The molecule has 5 rings (SSSR count).